The molecular weight excluding hydrogens is 382 g/mol. The minimum Gasteiger partial charge on any atom is -0.497 e. The first-order valence-electron chi connectivity index (χ1n) is 9.02. The normalized spacial score (nSPS) is 29.4. The fraction of sp³-hybridized carbons (Fsp3) is 0.400. The molecule has 0 saturated carbocycles. The average Bonchev–Trinajstić information content (AvgIpc) is 3.32. The summed E-state index contributed by atoms with van der Waals surface area (Å²) in [5.41, 5.74) is -1.20. The zero-order valence-electron chi connectivity index (χ0n) is 16.0. The Balaban J connectivity index is 1.74. The Labute approximate surface area is 166 Å². The smallest absolute Gasteiger partial charge is 0.305 e. The maximum absolute atomic E-state index is 13.3. The minimum atomic E-state index is -1.56. The molecule has 0 spiro atoms. The number of hydrogen-bond donors (Lipinski definition) is 0. The van der Waals surface area contributed by atoms with Crippen LogP contribution in [-0.4, -0.2) is 48.9 Å². The van der Waals surface area contributed by atoms with Crippen LogP contribution in [0.2, 0.25) is 0 Å². The molecule has 0 N–H and O–H groups in total. The highest BCUT2D eigenvalue weighted by Crippen LogP contribution is 2.54. The second-order valence-electron chi connectivity index (χ2n) is 7.06. The summed E-state index contributed by atoms with van der Waals surface area (Å²) in [5, 5.41) is 0. The first kappa shape index (κ1) is 19.1. The highest BCUT2D eigenvalue weighted by Gasteiger charge is 2.72. The molecule has 152 valence electrons. The zero-order chi connectivity index (χ0) is 20.9. The van der Waals surface area contributed by atoms with E-state index >= 15 is 0 Å². The van der Waals surface area contributed by atoms with Crippen molar-refractivity contribution in [2.75, 3.05) is 12.0 Å². The molecule has 1 aromatic carbocycles. The number of anilines is 1. The van der Waals surface area contributed by atoms with Crippen LogP contribution in [0.1, 0.15) is 13.8 Å². The molecule has 4 atom stereocenters. The number of hydrogen-bond acceptors (Lipinski definition) is 8. The molecular formula is C20H19NO8. The summed E-state index contributed by atoms with van der Waals surface area (Å²) in [6, 6.07) is 6.57. The quantitative estimate of drug-likeness (QED) is 0.311. The Bertz CT molecular complexity index is 924. The molecule has 9 nitrogen and oxygen atoms in total. The number of esters is 2. The van der Waals surface area contributed by atoms with Crippen molar-refractivity contribution in [2.24, 2.45) is 11.8 Å². The molecule has 3 heterocycles. The number of fused-ring (bicyclic) bond motifs is 5. The second kappa shape index (κ2) is 6.70. The predicted molar refractivity (Wildman–Crippen MR) is 96.5 cm³/mol. The number of rotatable bonds is 5. The third kappa shape index (κ3) is 2.80. The van der Waals surface area contributed by atoms with Gasteiger partial charge in [-0.25, -0.2) is 4.90 Å². The van der Waals surface area contributed by atoms with Gasteiger partial charge in [-0.05, 0) is 18.2 Å². The maximum atomic E-state index is 13.3. The molecule has 9 heteroatoms. The SMILES string of the molecule is COc1cccc(N2C(=O)[C@@H]3[C@@H]4C=C[C@](C(OC(C)=O)OC(C)=O)(O4)[C@H]3C2=O)c1. The summed E-state index contributed by atoms with van der Waals surface area (Å²) >= 11 is 0. The lowest BCUT2D eigenvalue weighted by Crippen LogP contribution is -2.52. The molecule has 0 aliphatic carbocycles. The van der Waals surface area contributed by atoms with E-state index in [0.717, 1.165) is 18.7 Å². The van der Waals surface area contributed by atoms with E-state index in [-0.39, 0.29) is 0 Å². The Morgan fingerprint density at radius 3 is 2.45 bits per heavy atom. The van der Waals surface area contributed by atoms with Crippen molar-refractivity contribution in [1.82, 2.24) is 0 Å². The summed E-state index contributed by atoms with van der Waals surface area (Å²) in [6.07, 6.45) is 0.980. The van der Waals surface area contributed by atoms with Crippen molar-refractivity contribution < 1.29 is 38.1 Å². The van der Waals surface area contributed by atoms with E-state index in [1.807, 2.05) is 0 Å². The van der Waals surface area contributed by atoms with Crippen molar-refractivity contribution >= 4 is 29.4 Å². The van der Waals surface area contributed by atoms with Crippen molar-refractivity contribution in [3.63, 3.8) is 0 Å². The van der Waals surface area contributed by atoms with Gasteiger partial charge in [0.15, 0.2) is 5.60 Å². The number of ether oxygens (including phenoxy) is 4. The van der Waals surface area contributed by atoms with Gasteiger partial charge in [-0.15, -0.1) is 0 Å². The molecule has 2 bridgehead atoms. The fourth-order valence-corrected chi connectivity index (χ4v) is 4.22. The molecule has 29 heavy (non-hydrogen) atoms. The summed E-state index contributed by atoms with van der Waals surface area (Å²) in [6.45, 7) is 2.31. The monoisotopic (exact) mass is 401 g/mol. The Hall–Kier alpha value is -3.20. The highest BCUT2D eigenvalue weighted by atomic mass is 16.7. The van der Waals surface area contributed by atoms with Crippen molar-refractivity contribution in [1.29, 1.82) is 0 Å². The molecule has 2 fully saturated rings. The third-order valence-electron chi connectivity index (χ3n) is 5.30. The van der Waals surface area contributed by atoms with Crippen LogP contribution in [0.25, 0.3) is 0 Å². The molecule has 0 unspecified atom stereocenters. The second-order valence-corrected chi connectivity index (χ2v) is 7.06. The molecule has 0 aromatic heterocycles. The molecule has 2 amide bonds. The Morgan fingerprint density at radius 2 is 1.83 bits per heavy atom. The number of nitrogens with zero attached hydrogens (tertiary/aromatic N) is 1. The minimum absolute atomic E-state index is 0.361. The van der Waals surface area contributed by atoms with Crippen molar-refractivity contribution in [3.05, 3.63) is 36.4 Å². The lowest BCUT2D eigenvalue weighted by molar-refractivity contribution is -0.226. The number of carbonyl (C=O) groups excluding carboxylic acids is 4. The third-order valence-corrected chi connectivity index (χ3v) is 5.30. The van der Waals surface area contributed by atoms with Gasteiger partial charge in [-0.1, -0.05) is 12.1 Å². The predicted octanol–water partition coefficient (Wildman–Crippen LogP) is 0.960. The average molecular weight is 401 g/mol. The molecule has 3 aliphatic rings. The van der Waals surface area contributed by atoms with Crippen LogP contribution in [-0.2, 0) is 33.4 Å². The van der Waals surface area contributed by atoms with Gasteiger partial charge in [0.25, 0.3) is 6.29 Å². The van der Waals surface area contributed by atoms with E-state index < -0.39 is 53.6 Å². The lowest BCUT2D eigenvalue weighted by atomic mass is 9.76. The van der Waals surface area contributed by atoms with Gasteiger partial charge in [0.1, 0.15) is 5.75 Å². The van der Waals surface area contributed by atoms with Crippen LogP contribution < -0.4 is 9.64 Å². The Morgan fingerprint density at radius 1 is 1.14 bits per heavy atom. The zero-order valence-corrected chi connectivity index (χ0v) is 16.0. The largest absolute Gasteiger partial charge is 0.497 e. The van der Waals surface area contributed by atoms with Crippen LogP contribution in [0.5, 0.6) is 5.75 Å². The van der Waals surface area contributed by atoms with Crippen LogP contribution in [0.15, 0.2) is 36.4 Å². The van der Waals surface area contributed by atoms with Gasteiger partial charge in [0.2, 0.25) is 11.8 Å². The Kier molecular flexibility index (Phi) is 4.42. The molecule has 4 rings (SSSR count). The first-order valence-corrected chi connectivity index (χ1v) is 9.02. The number of carbonyl (C=O) groups is 4. The fourth-order valence-electron chi connectivity index (χ4n) is 4.22. The topological polar surface area (TPSA) is 108 Å². The van der Waals surface area contributed by atoms with E-state index in [0.29, 0.717) is 11.4 Å². The van der Waals surface area contributed by atoms with Gasteiger partial charge in [-0.2, -0.15) is 0 Å². The van der Waals surface area contributed by atoms with E-state index in [9.17, 15) is 19.2 Å². The number of imide groups is 1. The van der Waals surface area contributed by atoms with E-state index in [1.54, 1.807) is 30.3 Å². The molecule has 1 aromatic rings. The number of methoxy groups -OCH3 is 1. The molecule has 3 aliphatic heterocycles. The van der Waals surface area contributed by atoms with Gasteiger partial charge in [0.05, 0.1) is 30.7 Å². The van der Waals surface area contributed by atoms with Crippen LogP contribution in [0.4, 0.5) is 5.69 Å². The van der Waals surface area contributed by atoms with Crippen LogP contribution in [0.3, 0.4) is 0 Å². The summed E-state index contributed by atoms with van der Waals surface area (Å²) in [5.74, 6) is -3.71. The molecule has 2 saturated heterocycles. The lowest BCUT2D eigenvalue weighted by Gasteiger charge is -2.34. The number of amides is 2. The van der Waals surface area contributed by atoms with E-state index in [4.69, 9.17) is 18.9 Å². The van der Waals surface area contributed by atoms with Crippen LogP contribution >= 0.6 is 0 Å². The van der Waals surface area contributed by atoms with Crippen molar-refractivity contribution in [2.45, 2.75) is 31.8 Å². The summed E-state index contributed by atoms with van der Waals surface area (Å²) in [7, 11) is 1.48. The van der Waals surface area contributed by atoms with Gasteiger partial charge >= 0.3 is 11.9 Å². The molecule has 0 radical (unpaired) electrons. The standard InChI is InChI=1S/C20H19NO8/c1-10(22)27-19(28-11(2)23)20-8-7-14(29-20)15-16(20)18(25)21(17(15)24)12-5-4-6-13(9-12)26-3/h4-9,14-16,19H,1-3H3/t14-,15+,16+,20-/m0/s1. The van der Waals surface area contributed by atoms with Gasteiger partial charge in [-0.3, -0.25) is 19.2 Å². The van der Waals surface area contributed by atoms with Gasteiger partial charge < -0.3 is 18.9 Å². The first-order chi connectivity index (χ1) is 13.8. The number of benzene rings is 1. The van der Waals surface area contributed by atoms with E-state index in [1.165, 1.54) is 13.2 Å². The summed E-state index contributed by atoms with van der Waals surface area (Å²) in [4.78, 5) is 50.7. The highest BCUT2D eigenvalue weighted by molar-refractivity contribution is 6.23. The van der Waals surface area contributed by atoms with Crippen molar-refractivity contribution in [3.8, 4) is 5.75 Å². The maximum Gasteiger partial charge on any atom is 0.305 e. The summed E-state index contributed by atoms with van der Waals surface area (Å²) < 4.78 is 21.4. The van der Waals surface area contributed by atoms with E-state index in [2.05, 4.69) is 0 Å². The van der Waals surface area contributed by atoms with Gasteiger partial charge in [0, 0.05) is 19.9 Å². The van der Waals surface area contributed by atoms with Crippen LogP contribution in [0, 0.1) is 11.8 Å².